The van der Waals surface area contributed by atoms with Gasteiger partial charge in [0.25, 0.3) is 0 Å². The zero-order valence-electron chi connectivity index (χ0n) is 17.8. The summed E-state index contributed by atoms with van der Waals surface area (Å²) >= 11 is 0. The third kappa shape index (κ3) is 4.50. The number of aryl methyl sites for hydroxylation is 2. The highest BCUT2D eigenvalue weighted by Gasteiger charge is 2.37. The summed E-state index contributed by atoms with van der Waals surface area (Å²) in [6, 6.07) is 27.5. The van der Waals surface area contributed by atoms with E-state index in [-0.39, 0.29) is 7.92 Å². The normalized spacial score (nSPS) is 20.2. The molecule has 0 N–H and O–H groups in total. The average Bonchev–Trinajstić information content (AvgIpc) is 3.18. The van der Waals surface area contributed by atoms with Gasteiger partial charge in [-0.2, -0.15) is 0 Å². The quantitative estimate of drug-likeness (QED) is 0.432. The smallest absolute Gasteiger partial charge is 0.0121 e. The van der Waals surface area contributed by atoms with Crippen molar-refractivity contribution >= 4 is 33.1 Å². The van der Waals surface area contributed by atoms with Crippen molar-refractivity contribution in [3.8, 4) is 0 Å². The molecular weight excluding hydrogens is 386 g/mol. The van der Waals surface area contributed by atoms with Crippen molar-refractivity contribution in [1.82, 2.24) is 0 Å². The summed E-state index contributed by atoms with van der Waals surface area (Å²) in [5.41, 5.74) is 4.95. The summed E-state index contributed by atoms with van der Waals surface area (Å²) < 4.78 is 0. The highest BCUT2D eigenvalue weighted by Crippen LogP contribution is 2.52. The molecule has 0 heterocycles. The molecule has 0 spiro atoms. The van der Waals surface area contributed by atoms with Crippen LogP contribution >= 0.6 is 17.2 Å². The second-order valence-corrected chi connectivity index (χ2v) is 11.8. The van der Waals surface area contributed by atoms with Crippen LogP contribution in [0.4, 0.5) is 0 Å². The van der Waals surface area contributed by atoms with Crippen LogP contribution in [-0.4, -0.2) is 5.66 Å². The molecule has 1 aliphatic rings. The predicted octanol–water partition coefficient (Wildman–Crippen LogP) is 6.21. The van der Waals surface area contributed by atoms with E-state index in [0.717, 1.165) is 5.92 Å². The molecule has 1 saturated carbocycles. The molecule has 1 fully saturated rings. The van der Waals surface area contributed by atoms with Gasteiger partial charge in [0.2, 0.25) is 0 Å². The number of hydrogen-bond donors (Lipinski definition) is 0. The van der Waals surface area contributed by atoms with Crippen molar-refractivity contribution in [2.75, 3.05) is 0 Å². The highest BCUT2D eigenvalue weighted by molar-refractivity contribution is 7.73. The van der Waals surface area contributed by atoms with Crippen molar-refractivity contribution in [3.63, 3.8) is 0 Å². The van der Waals surface area contributed by atoms with E-state index in [1.807, 2.05) is 0 Å². The lowest BCUT2D eigenvalue weighted by Gasteiger charge is -2.34. The Kier molecular flexibility index (Phi) is 6.53. The van der Waals surface area contributed by atoms with E-state index in [1.54, 1.807) is 5.56 Å². The maximum atomic E-state index is 2.98. The van der Waals surface area contributed by atoms with Crippen LogP contribution in [0.1, 0.15) is 48.8 Å². The summed E-state index contributed by atoms with van der Waals surface area (Å²) in [5.74, 6) is 1.42. The molecule has 2 heteroatoms. The lowest BCUT2D eigenvalue weighted by molar-refractivity contribution is 0.480. The van der Waals surface area contributed by atoms with Crippen molar-refractivity contribution < 1.29 is 0 Å². The summed E-state index contributed by atoms with van der Waals surface area (Å²) in [6.45, 7) is 6.98. The standard InChI is InChI=1S/C27H32P2/c1-19-9-6-11-22(17-19)29(23-12-7-10-20(2)18-23)21(3)24-14-8-15-25(24)26-13-4-5-16-27(26)28/h4-7,9-13,16-18,21,24-25H,8,14-15,28H2,1-3H3/t21-,24?,25?/m1/s1. The lowest BCUT2D eigenvalue weighted by atomic mass is 9.87. The number of benzene rings is 3. The Balaban J connectivity index is 1.75. The first-order chi connectivity index (χ1) is 14.0. The van der Waals surface area contributed by atoms with Crippen molar-refractivity contribution in [2.24, 2.45) is 5.92 Å². The predicted molar refractivity (Wildman–Crippen MR) is 134 cm³/mol. The molecule has 4 atom stereocenters. The molecule has 0 saturated heterocycles. The SMILES string of the molecule is Cc1cccc(P(c2cccc(C)c2)[C@H](C)C2CCCC2c2ccccc2P)c1. The van der Waals surface area contributed by atoms with E-state index < -0.39 is 0 Å². The molecule has 0 aromatic heterocycles. The first-order valence-electron chi connectivity index (χ1n) is 10.8. The third-order valence-electron chi connectivity index (χ3n) is 6.55. The van der Waals surface area contributed by atoms with Crippen LogP contribution in [0.2, 0.25) is 0 Å². The van der Waals surface area contributed by atoms with E-state index in [0.29, 0.717) is 11.6 Å². The van der Waals surface area contributed by atoms with Crippen molar-refractivity contribution in [3.05, 3.63) is 89.5 Å². The Bertz CT molecular complexity index is 932. The van der Waals surface area contributed by atoms with Crippen LogP contribution in [0.25, 0.3) is 0 Å². The van der Waals surface area contributed by atoms with Gasteiger partial charge in [-0.3, -0.25) is 0 Å². The summed E-state index contributed by atoms with van der Waals surface area (Å²) in [6.07, 6.45) is 4.02. The largest absolute Gasteiger partial charge is 0.105 e. The summed E-state index contributed by atoms with van der Waals surface area (Å²) in [5, 5.41) is 4.44. The highest BCUT2D eigenvalue weighted by atomic mass is 31.1. The fraction of sp³-hybridized carbons (Fsp3) is 0.333. The molecule has 0 radical (unpaired) electrons. The molecular formula is C27H32P2. The van der Waals surface area contributed by atoms with E-state index in [1.165, 1.54) is 46.3 Å². The summed E-state index contributed by atoms with van der Waals surface area (Å²) in [4.78, 5) is 0. The molecule has 0 nitrogen and oxygen atoms in total. The lowest BCUT2D eigenvalue weighted by Crippen LogP contribution is -2.28. The Morgan fingerprint density at radius 1 is 0.828 bits per heavy atom. The van der Waals surface area contributed by atoms with E-state index in [4.69, 9.17) is 0 Å². The second-order valence-electron chi connectivity index (χ2n) is 8.62. The Labute approximate surface area is 180 Å². The van der Waals surface area contributed by atoms with E-state index in [9.17, 15) is 0 Å². The van der Waals surface area contributed by atoms with Crippen LogP contribution < -0.4 is 15.9 Å². The van der Waals surface area contributed by atoms with Gasteiger partial charge in [-0.25, -0.2) is 0 Å². The molecule has 3 aromatic rings. The van der Waals surface area contributed by atoms with Gasteiger partial charge >= 0.3 is 0 Å². The van der Waals surface area contributed by atoms with Gasteiger partial charge in [0.1, 0.15) is 0 Å². The molecule has 4 rings (SSSR count). The molecule has 3 unspecified atom stereocenters. The van der Waals surface area contributed by atoms with E-state index in [2.05, 4.69) is 103 Å². The average molecular weight is 419 g/mol. The minimum atomic E-state index is -0.389. The van der Waals surface area contributed by atoms with Gasteiger partial charge in [0, 0.05) is 0 Å². The Hall–Kier alpha value is -1.48. The Morgan fingerprint density at radius 2 is 1.45 bits per heavy atom. The third-order valence-corrected chi connectivity index (χ3v) is 9.94. The fourth-order valence-electron chi connectivity index (χ4n) is 5.17. The maximum Gasteiger partial charge on any atom is -0.0121 e. The van der Waals surface area contributed by atoms with Gasteiger partial charge in [0.05, 0.1) is 0 Å². The van der Waals surface area contributed by atoms with Gasteiger partial charge in [-0.05, 0) is 73.6 Å². The van der Waals surface area contributed by atoms with Gasteiger partial charge in [-0.15, -0.1) is 9.24 Å². The zero-order chi connectivity index (χ0) is 20.4. The van der Waals surface area contributed by atoms with Gasteiger partial charge in [-0.1, -0.05) is 97.3 Å². The molecule has 29 heavy (non-hydrogen) atoms. The van der Waals surface area contributed by atoms with Gasteiger partial charge in [0.15, 0.2) is 0 Å². The molecule has 3 aromatic carbocycles. The van der Waals surface area contributed by atoms with Crippen molar-refractivity contribution in [1.29, 1.82) is 0 Å². The number of hydrogen-bond acceptors (Lipinski definition) is 0. The van der Waals surface area contributed by atoms with Crippen LogP contribution in [-0.2, 0) is 0 Å². The topological polar surface area (TPSA) is 0 Å². The molecule has 0 aliphatic heterocycles. The van der Waals surface area contributed by atoms with Crippen LogP contribution in [0, 0.1) is 19.8 Å². The van der Waals surface area contributed by atoms with Crippen LogP contribution in [0.15, 0.2) is 72.8 Å². The van der Waals surface area contributed by atoms with Crippen LogP contribution in [0.5, 0.6) is 0 Å². The van der Waals surface area contributed by atoms with Gasteiger partial charge < -0.3 is 0 Å². The zero-order valence-corrected chi connectivity index (χ0v) is 19.9. The maximum absolute atomic E-state index is 2.98. The monoisotopic (exact) mass is 418 g/mol. The molecule has 0 bridgehead atoms. The van der Waals surface area contributed by atoms with Crippen molar-refractivity contribution in [2.45, 2.75) is 51.6 Å². The molecule has 0 amide bonds. The first-order valence-corrected chi connectivity index (χ1v) is 12.8. The Morgan fingerprint density at radius 3 is 2.03 bits per heavy atom. The van der Waals surface area contributed by atoms with Crippen LogP contribution in [0.3, 0.4) is 0 Å². The molecule has 1 aliphatic carbocycles. The minimum absolute atomic E-state index is 0.389. The summed E-state index contributed by atoms with van der Waals surface area (Å²) in [7, 11) is 2.59. The minimum Gasteiger partial charge on any atom is -0.105 e. The van der Waals surface area contributed by atoms with E-state index >= 15 is 0 Å². The second kappa shape index (κ2) is 9.12. The fourth-order valence-corrected chi connectivity index (χ4v) is 8.75. The molecule has 150 valence electrons. The number of rotatable bonds is 5. The first kappa shape index (κ1) is 20.8.